The topological polar surface area (TPSA) is 102 Å². The lowest BCUT2D eigenvalue weighted by Crippen LogP contribution is -2.44. The molecule has 0 aliphatic rings. The van der Waals surface area contributed by atoms with Crippen LogP contribution in [0, 0.1) is 11.8 Å². The fourth-order valence-corrected chi connectivity index (χ4v) is 1.53. The van der Waals surface area contributed by atoms with E-state index in [9.17, 15) is 9.59 Å². The van der Waals surface area contributed by atoms with Crippen molar-refractivity contribution in [3.63, 3.8) is 0 Å². The Balaban J connectivity index is 4.03. The van der Waals surface area contributed by atoms with E-state index in [0.717, 1.165) is 0 Å². The van der Waals surface area contributed by atoms with Gasteiger partial charge in [-0.3, -0.25) is 9.59 Å². The third kappa shape index (κ3) is 6.56. The highest BCUT2D eigenvalue weighted by Gasteiger charge is 2.23. The van der Waals surface area contributed by atoms with Crippen molar-refractivity contribution < 1.29 is 19.4 Å². The van der Waals surface area contributed by atoms with Crippen molar-refractivity contribution in [3.8, 4) is 0 Å². The van der Waals surface area contributed by atoms with E-state index in [4.69, 9.17) is 15.6 Å². The summed E-state index contributed by atoms with van der Waals surface area (Å²) >= 11 is 0. The maximum Gasteiger partial charge on any atom is 0.308 e. The molecule has 0 heterocycles. The molecule has 0 saturated heterocycles. The lowest BCUT2D eigenvalue weighted by molar-refractivity contribution is -0.143. The first-order valence-electron chi connectivity index (χ1n) is 6.15. The molecule has 0 aliphatic heterocycles. The van der Waals surface area contributed by atoms with Crippen LogP contribution in [0.3, 0.4) is 0 Å². The molecule has 6 nitrogen and oxygen atoms in total. The molecule has 1 amide bonds. The standard InChI is InChI=1S/C12H24N2O4/c1-8(2)9(12(16)17)7-14-11(15)10(13)5-4-6-18-3/h8-10H,4-7,13H2,1-3H3,(H,14,15)(H,16,17). The van der Waals surface area contributed by atoms with E-state index in [2.05, 4.69) is 5.32 Å². The Kier molecular flexibility index (Phi) is 8.32. The van der Waals surface area contributed by atoms with Crippen molar-refractivity contribution in [2.75, 3.05) is 20.3 Å². The minimum Gasteiger partial charge on any atom is -0.481 e. The lowest BCUT2D eigenvalue weighted by Gasteiger charge is -2.18. The summed E-state index contributed by atoms with van der Waals surface area (Å²) in [5, 5.41) is 11.6. The summed E-state index contributed by atoms with van der Waals surface area (Å²) in [7, 11) is 1.59. The van der Waals surface area contributed by atoms with Gasteiger partial charge < -0.3 is 20.9 Å². The maximum absolute atomic E-state index is 11.6. The van der Waals surface area contributed by atoms with E-state index in [1.807, 2.05) is 13.8 Å². The summed E-state index contributed by atoms with van der Waals surface area (Å²) in [6.45, 7) is 4.29. The van der Waals surface area contributed by atoms with Crippen LogP contribution >= 0.6 is 0 Å². The summed E-state index contributed by atoms with van der Waals surface area (Å²) in [6.07, 6.45) is 1.23. The zero-order valence-corrected chi connectivity index (χ0v) is 11.3. The van der Waals surface area contributed by atoms with Crippen molar-refractivity contribution in [2.24, 2.45) is 17.6 Å². The molecule has 6 heteroatoms. The number of aliphatic carboxylic acids is 1. The molecule has 2 atom stereocenters. The number of hydrogen-bond acceptors (Lipinski definition) is 4. The van der Waals surface area contributed by atoms with Gasteiger partial charge in [-0.25, -0.2) is 0 Å². The quantitative estimate of drug-likeness (QED) is 0.514. The fraction of sp³-hybridized carbons (Fsp3) is 0.833. The molecule has 0 saturated carbocycles. The Morgan fingerprint density at radius 3 is 2.44 bits per heavy atom. The highest BCUT2D eigenvalue weighted by atomic mass is 16.5. The molecule has 4 N–H and O–H groups in total. The number of rotatable bonds is 9. The van der Waals surface area contributed by atoms with Gasteiger partial charge in [-0.05, 0) is 18.8 Å². The molecule has 18 heavy (non-hydrogen) atoms. The van der Waals surface area contributed by atoms with Gasteiger partial charge in [-0.15, -0.1) is 0 Å². The van der Waals surface area contributed by atoms with Crippen LogP contribution < -0.4 is 11.1 Å². The van der Waals surface area contributed by atoms with Gasteiger partial charge >= 0.3 is 5.97 Å². The van der Waals surface area contributed by atoms with Crippen LogP contribution in [0.1, 0.15) is 26.7 Å². The molecule has 0 aliphatic carbocycles. The second kappa shape index (κ2) is 8.88. The SMILES string of the molecule is COCCCC(N)C(=O)NCC(C(=O)O)C(C)C. The van der Waals surface area contributed by atoms with Crippen molar-refractivity contribution in [3.05, 3.63) is 0 Å². The molecular weight excluding hydrogens is 236 g/mol. The van der Waals surface area contributed by atoms with Crippen LogP contribution in [0.4, 0.5) is 0 Å². The van der Waals surface area contributed by atoms with Crippen molar-refractivity contribution in [1.29, 1.82) is 0 Å². The Labute approximate surface area is 108 Å². The summed E-state index contributed by atoms with van der Waals surface area (Å²) in [4.78, 5) is 22.6. The van der Waals surface area contributed by atoms with Gasteiger partial charge in [-0.1, -0.05) is 13.8 Å². The molecule has 106 valence electrons. The molecule has 0 rings (SSSR count). The number of hydrogen-bond donors (Lipinski definition) is 3. The Morgan fingerprint density at radius 2 is 2.00 bits per heavy atom. The monoisotopic (exact) mass is 260 g/mol. The van der Waals surface area contributed by atoms with E-state index < -0.39 is 17.9 Å². The molecule has 0 aromatic heterocycles. The van der Waals surface area contributed by atoms with Crippen molar-refractivity contribution in [1.82, 2.24) is 5.32 Å². The predicted octanol–water partition coefficient (Wildman–Crippen LogP) is 0.213. The van der Waals surface area contributed by atoms with Crippen molar-refractivity contribution in [2.45, 2.75) is 32.7 Å². The number of methoxy groups -OCH3 is 1. The Morgan fingerprint density at radius 1 is 1.39 bits per heavy atom. The number of ether oxygens (including phenoxy) is 1. The fourth-order valence-electron chi connectivity index (χ4n) is 1.53. The van der Waals surface area contributed by atoms with Crippen LogP contribution in [0.5, 0.6) is 0 Å². The number of nitrogens with one attached hydrogen (secondary N) is 1. The summed E-state index contributed by atoms with van der Waals surface area (Å²) in [6, 6.07) is -0.609. The van der Waals surface area contributed by atoms with E-state index in [1.165, 1.54) is 0 Å². The summed E-state index contributed by atoms with van der Waals surface area (Å²) in [5.41, 5.74) is 5.68. The van der Waals surface area contributed by atoms with Crippen LogP contribution in [0.2, 0.25) is 0 Å². The first-order valence-corrected chi connectivity index (χ1v) is 6.15. The Bertz CT molecular complexity index is 269. The molecule has 0 aromatic carbocycles. The first-order chi connectivity index (χ1) is 8.40. The zero-order chi connectivity index (χ0) is 14.1. The normalized spacial score (nSPS) is 14.3. The number of carbonyl (C=O) groups excluding carboxylic acids is 1. The van der Waals surface area contributed by atoms with Gasteiger partial charge in [0.15, 0.2) is 0 Å². The number of amides is 1. The largest absolute Gasteiger partial charge is 0.481 e. The molecule has 2 unspecified atom stereocenters. The van der Waals surface area contributed by atoms with E-state index >= 15 is 0 Å². The highest BCUT2D eigenvalue weighted by molar-refractivity contribution is 5.82. The van der Waals surface area contributed by atoms with E-state index in [-0.39, 0.29) is 18.4 Å². The summed E-state index contributed by atoms with van der Waals surface area (Å²) in [5.74, 6) is -1.83. The van der Waals surface area contributed by atoms with Gasteiger partial charge in [0.2, 0.25) is 5.91 Å². The van der Waals surface area contributed by atoms with E-state index in [0.29, 0.717) is 19.4 Å². The second-order valence-electron chi connectivity index (χ2n) is 4.68. The number of nitrogens with two attached hydrogens (primary N) is 1. The average molecular weight is 260 g/mol. The second-order valence-corrected chi connectivity index (χ2v) is 4.68. The van der Waals surface area contributed by atoms with Gasteiger partial charge in [0.25, 0.3) is 0 Å². The minimum absolute atomic E-state index is 0.0347. The van der Waals surface area contributed by atoms with E-state index in [1.54, 1.807) is 7.11 Å². The van der Waals surface area contributed by atoms with Crippen molar-refractivity contribution >= 4 is 11.9 Å². The predicted molar refractivity (Wildman–Crippen MR) is 68.1 cm³/mol. The van der Waals surface area contributed by atoms with Gasteiger partial charge in [0.05, 0.1) is 12.0 Å². The number of carboxylic acids is 1. The third-order valence-electron chi connectivity index (χ3n) is 2.82. The summed E-state index contributed by atoms with van der Waals surface area (Å²) < 4.78 is 4.87. The minimum atomic E-state index is -0.904. The highest BCUT2D eigenvalue weighted by Crippen LogP contribution is 2.09. The van der Waals surface area contributed by atoms with Crippen LogP contribution in [0.25, 0.3) is 0 Å². The lowest BCUT2D eigenvalue weighted by atomic mass is 9.96. The molecule has 0 radical (unpaired) electrons. The number of carbonyl (C=O) groups is 2. The average Bonchev–Trinajstić information content (AvgIpc) is 2.28. The zero-order valence-electron chi connectivity index (χ0n) is 11.3. The molecule has 0 bridgehead atoms. The third-order valence-corrected chi connectivity index (χ3v) is 2.82. The molecule has 0 fully saturated rings. The Hall–Kier alpha value is -1.14. The smallest absolute Gasteiger partial charge is 0.308 e. The van der Waals surface area contributed by atoms with Gasteiger partial charge in [0, 0.05) is 20.3 Å². The molecule has 0 aromatic rings. The number of carboxylic acid groups (broad SMARTS) is 1. The molecule has 0 spiro atoms. The van der Waals surface area contributed by atoms with Crippen LogP contribution in [-0.2, 0) is 14.3 Å². The first kappa shape index (κ1) is 16.9. The molecular formula is C12H24N2O4. The van der Waals surface area contributed by atoms with Gasteiger partial charge in [-0.2, -0.15) is 0 Å². The van der Waals surface area contributed by atoms with Gasteiger partial charge in [0.1, 0.15) is 0 Å². The van der Waals surface area contributed by atoms with Crippen LogP contribution in [-0.4, -0.2) is 43.3 Å². The maximum atomic E-state index is 11.6. The van der Waals surface area contributed by atoms with Crippen LogP contribution in [0.15, 0.2) is 0 Å².